The molecule has 32 heavy (non-hydrogen) atoms. The fourth-order valence-electron chi connectivity index (χ4n) is 3.45. The third-order valence-electron chi connectivity index (χ3n) is 5.07. The van der Waals surface area contributed by atoms with Crippen LogP contribution in [0, 0.1) is 5.82 Å². The van der Waals surface area contributed by atoms with E-state index in [0.717, 1.165) is 11.1 Å². The molecular formula is C24H26FN3O4. The summed E-state index contributed by atoms with van der Waals surface area (Å²) in [6.07, 6.45) is 3.89. The minimum Gasteiger partial charge on any atom is -0.494 e. The lowest BCUT2D eigenvalue weighted by molar-refractivity contribution is -0.137. The van der Waals surface area contributed by atoms with E-state index in [9.17, 15) is 14.3 Å². The maximum atomic E-state index is 14.4. The molecule has 168 valence electrons. The van der Waals surface area contributed by atoms with E-state index in [-0.39, 0.29) is 24.1 Å². The molecule has 8 heteroatoms. The van der Waals surface area contributed by atoms with Crippen LogP contribution in [0.4, 0.5) is 15.8 Å². The average molecular weight is 439 g/mol. The van der Waals surface area contributed by atoms with Crippen molar-refractivity contribution in [2.24, 2.45) is 0 Å². The summed E-state index contributed by atoms with van der Waals surface area (Å²) < 4.78 is 24.7. The van der Waals surface area contributed by atoms with E-state index in [1.54, 1.807) is 24.5 Å². The first-order valence-corrected chi connectivity index (χ1v) is 10.4. The molecule has 1 aromatic heterocycles. The molecule has 0 aliphatic carbocycles. The number of rotatable bonds is 10. The number of carboxylic acid groups (broad SMARTS) is 1. The number of aliphatic carboxylic acids is 1. The molecule has 7 nitrogen and oxygen atoms in total. The topological polar surface area (TPSA) is 93.6 Å². The van der Waals surface area contributed by atoms with E-state index in [1.807, 2.05) is 32.0 Å². The minimum absolute atomic E-state index is 0.0264. The van der Waals surface area contributed by atoms with Gasteiger partial charge < -0.3 is 19.9 Å². The zero-order valence-electron chi connectivity index (χ0n) is 18.3. The van der Waals surface area contributed by atoms with Crippen molar-refractivity contribution in [2.45, 2.75) is 32.6 Å². The van der Waals surface area contributed by atoms with Crippen LogP contribution in [0.5, 0.6) is 11.8 Å². The Labute approximate surface area is 186 Å². The predicted molar refractivity (Wildman–Crippen MR) is 120 cm³/mol. The normalized spacial score (nSPS) is 11.6. The summed E-state index contributed by atoms with van der Waals surface area (Å²) in [6, 6.07) is 10.7. The van der Waals surface area contributed by atoms with Crippen LogP contribution in [-0.2, 0) is 4.79 Å². The Morgan fingerprint density at radius 1 is 1.16 bits per heavy atom. The van der Waals surface area contributed by atoms with Crippen molar-refractivity contribution in [1.29, 1.82) is 0 Å². The third kappa shape index (κ3) is 5.51. The van der Waals surface area contributed by atoms with E-state index in [1.165, 1.54) is 13.2 Å². The number of methoxy groups -OCH3 is 1. The number of ether oxygens (including phenoxy) is 2. The van der Waals surface area contributed by atoms with Gasteiger partial charge in [0.2, 0.25) is 0 Å². The van der Waals surface area contributed by atoms with Crippen LogP contribution in [0.15, 0.2) is 48.8 Å². The maximum Gasteiger partial charge on any atom is 0.316 e. The Bertz CT molecular complexity index is 1070. The molecule has 0 bridgehead atoms. The molecule has 2 aromatic carbocycles. The van der Waals surface area contributed by atoms with Gasteiger partial charge in [0.1, 0.15) is 0 Å². The van der Waals surface area contributed by atoms with Gasteiger partial charge >= 0.3 is 12.0 Å². The second-order valence-electron chi connectivity index (χ2n) is 7.17. The number of hydrogen-bond donors (Lipinski definition) is 2. The number of halogens is 1. The van der Waals surface area contributed by atoms with Crippen LogP contribution in [0.1, 0.15) is 38.2 Å². The predicted octanol–water partition coefficient (Wildman–Crippen LogP) is 5.40. The lowest BCUT2D eigenvalue weighted by Crippen LogP contribution is -2.06. The number of anilines is 2. The lowest BCUT2D eigenvalue weighted by atomic mass is 9.90. The molecule has 0 amide bonds. The van der Waals surface area contributed by atoms with Crippen LogP contribution < -0.4 is 14.8 Å². The molecule has 0 saturated heterocycles. The number of benzene rings is 2. The summed E-state index contributed by atoms with van der Waals surface area (Å²) in [7, 11) is 1.42. The van der Waals surface area contributed by atoms with Crippen molar-refractivity contribution in [2.75, 3.05) is 19.0 Å². The van der Waals surface area contributed by atoms with E-state index >= 15 is 0 Å². The molecular weight excluding hydrogens is 413 g/mol. The molecule has 0 aliphatic heterocycles. The molecule has 0 radical (unpaired) electrons. The second-order valence-corrected chi connectivity index (χ2v) is 7.17. The molecule has 3 aromatic rings. The number of aromatic nitrogens is 2. The number of carbonyl (C=O) groups is 1. The molecule has 0 saturated carbocycles. The summed E-state index contributed by atoms with van der Waals surface area (Å²) in [6.45, 7) is 4.26. The molecule has 1 atom stereocenters. The fourth-order valence-corrected chi connectivity index (χ4v) is 3.45. The van der Waals surface area contributed by atoms with Crippen molar-refractivity contribution < 1.29 is 23.8 Å². The van der Waals surface area contributed by atoms with Gasteiger partial charge in [-0.05, 0) is 48.6 Å². The van der Waals surface area contributed by atoms with Crippen LogP contribution >= 0.6 is 0 Å². The zero-order chi connectivity index (χ0) is 23.1. The average Bonchev–Trinajstić information content (AvgIpc) is 2.79. The van der Waals surface area contributed by atoms with E-state index in [2.05, 4.69) is 15.3 Å². The zero-order valence-corrected chi connectivity index (χ0v) is 18.3. The molecule has 1 heterocycles. The van der Waals surface area contributed by atoms with E-state index in [0.29, 0.717) is 30.0 Å². The Morgan fingerprint density at radius 3 is 2.50 bits per heavy atom. The van der Waals surface area contributed by atoms with Gasteiger partial charge in [0, 0.05) is 11.3 Å². The van der Waals surface area contributed by atoms with Crippen molar-refractivity contribution in [3.63, 3.8) is 0 Å². The quantitative estimate of drug-likeness (QED) is 0.437. The van der Waals surface area contributed by atoms with Gasteiger partial charge in [-0.2, -0.15) is 0 Å². The highest BCUT2D eigenvalue weighted by Gasteiger charge is 2.17. The van der Waals surface area contributed by atoms with Gasteiger partial charge in [-0.25, -0.2) is 14.4 Å². The van der Waals surface area contributed by atoms with Crippen molar-refractivity contribution in [3.8, 4) is 22.9 Å². The van der Waals surface area contributed by atoms with Crippen molar-refractivity contribution in [1.82, 2.24) is 9.97 Å². The smallest absolute Gasteiger partial charge is 0.316 e. The van der Waals surface area contributed by atoms with Gasteiger partial charge in [0.25, 0.3) is 0 Å². The highest BCUT2D eigenvalue weighted by molar-refractivity contribution is 5.82. The number of hydrogen-bond acceptors (Lipinski definition) is 6. The first-order valence-electron chi connectivity index (χ1n) is 10.4. The molecule has 1 unspecified atom stereocenters. The van der Waals surface area contributed by atoms with Gasteiger partial charge in [-0.3, -0.25) is 4.79 Å². The summed E-state index contributed by atoms with van der Waals surface area (Å²) in [5.41, 5.74) is 3.57. The Morgan fingerprint density at radius 2 is 1.91 bits per heavy atom. The van der Waals surface area contributed by atoms with Crippen LogP contribution in [0.2, 0.25) is 0 Å². The van der Waals surface area contributed by atoms with Gasteiger partial charge in [-0.15, -0.1) is 0 Å². The fraction of sp³-hybridized carbons (Fsp3) is 0.292. The first kappa shape index (κ1) is 23.0. The monoisotopic (exact) mass is 439 g/mol. The van der Waals surface area contributed by atoms with E-state index in [4.69, 9.17) is 9.47 Å². The molecule has 0 spiro atoms. The highest BCUT2D eigenvalue weighted by atomic mass is 19.1. The Hall–Kier alpha value is -3.68. The Kier molecular flexibility index (Phi) is 7.59. The number of carboxylic acids is 1. The number of nitrogens with one attached hydrogen (secondary N) is 1. The van der Waals surface area contributed by atoms with Crippen LogP contribution in [-0.4, -0.2) is 34.8 Å². The van der Waals surface area contributed by atoms with Crippen LogP contribution in [0.3, 0.4) is 0 Å². The number of nitrogens with zero attached hydrogens (tertiary/aromatic N) is 2. The molecule has 0 fully saturated rings. The summed E-state index contributed by atoms with van der Waals surface area (Å²) >= 11 is 0. The van der Waals surface area contributed by atoms with Crippen molar-refractivity contribution in [3.05, 3.63) is 60.2 Å². The summed E-state index contributed by atoms with van der Waals surface area (Å²) in [5.74, 6) is -1.31. The molecule has 2 N–H and O–H groups in total. The van der Waals surface area contributed by atoms with Crippen molar-refractivity contribution >= 4 is 17.3 Å². The van der Waals surface area contributed by atoms with E-state index < -0.39 is 11.8 Å². The largest absolute Gasteiger partial charge is 0.494 e. The summed E-state index contributed by atoms with van der Waals surface area (Å²) in [4.78, 5) is 19.6. The van der Waals surface area contributed by atoms with Gasteiger partial charge in [0.05, 0.1) is 38.2 Å². The van der Waals surface area contributed by atoms with Gasteiger partial charge in [-0.1, -0.05) is 25.1 Å². The standard InChI is InChI=1S/C24H26FN3O4/c1-4-15(12-23(29)30)16-6-8-19(17-7-9-22(31-3)20(25)10-17)21(11-16)28-18-13-26-24(27-14-18)32-5-2/h6-11,13-15,28H,4-5,12H2,1-3H3,(H,29,30). The Balaban J connectivity index is 2.03. The highest BCUT2D eigenvalue weighted by Crippen LogP contribution is 2.36. The molecule has 0 aliphatic rings. The minimum atomic E-state index is -0.854. The SMILES string of the molecule is CCOc1ncc(Nc2cc(C(CC)CC(=O)O)ccc2-c2ccc(OC)c(F)c2)cn1. The second kappa shape index (κ2) is 10.6. The van der Waals surface area contributed by atoms with Crippen LogP contribution in [0.25, 0.3) is 11.1 Å². The third-order valence-corrected chi connectivity index (χ3v) is 5.07. The maximum absolute atomic E-state index is 14.4. The van der Waals surface area contributed by atoms with Gasteiger partial charge in [0.15, 0.2) is 11.6 Å². The summed E-state index contributed by atoms with van der Waals surface area (Å²) in [5, 5.41) is 12.5. The first-order chi connectivity index (χ1) is 15.4. The lowest BCUT2D eigenvalue weighted by Gasteiger charge is -2.18. The molecule has 3 rings (SSSR count).